The molecule has 2 nitrogen and oxygen atoms in total. The predicted octanol–water partition coefficient (Wildman–Crippen LogP) is 4.40. The Hall–Kier alpha value is -0.860. The molecule has 1 N–H and O–H groups in total. The number of aliphatic hydroxyl groups is 1. The Labute approximate surface area is 117 Å². The number of ether oxygens (including phenoxy) is 1. The van der Waals surface area contributed by atoms with Crippen LogP contribution in [0.5, 0.6) is 0 Å². The van der Waals surface area contributed by atoms with Crippen LogP contribution in [-0.4, -0.2) is 17.8 Å². The monoisotopic (exact) mass is 264 g/mol. The fourth-order valence-corrected chi connectivity index (χ4v) is 2.25. The molecule has 19 heavy (non-hydrogen) atoms. The molecule has 0 fully saturated rings. The molecule has 1 rings (SSSR count). The van der Waals surface area contributed by atoms with E-state index in [-0.39, 0.29) is 6.10 Å². The Kier molecular flexibility index (Phi) is 7.76. The van der Waals surface area contributed by atoms with E-state index in [4.69, 9.17) is 4.74 Å². The molecule has 2 heteroatoms. The normalized spacial score (nSPS) is 14.3. The smallest absolute Gasteiger partial charge is 0.103 e. The van der Waals surface area contributed by atoms with Crippen molar-refractivity contribution in [1.82, 2.24) is 0 Å². The standard InChI is InChI=1S/C17H28O2/c1-4-5-6-7-11-15(3)19-13-17(18)16-12-9-8-10-14(16)2/h8-10,12,15,17-18H,4-7,11,13H2,1-3H3. The van der Waals surface area contributed by atoms with Gasteiger partial charge in [0.05, 0.1) is 12.7 Å². The first-order valence-corrected chi connectivity index (χ1v) is 7.50. The van der Waals surface area contributed by atoms with Gasteiger partial charge in [0.1, 0.15) is 6.10 Å². The molecule has 0 amide bonds. The van der Waals surface area contributed by atoms with Gasteiger partial charge in [0.15, 0.2) is 0 Å². The molecule has 0 radical (unpaired) electrons. The lowest BCUT2D eigenvalue weighted by Gasteiger charge is -2.18. The number of aryl methyl sites for hydroxylation is 1. The van der Waals surface area contributed by atoms with Crippen molar-refractivity contribution in [2.45, 2.75) is 65.1 Å². The van der Waals surface area contributed by atoms with Crippen LogP contribution in [0.15, 0.2) is 24.3 Å². The summed E-state index contributed by atoms with van der Waals surface area (Å²) in [5.41, 5.74) is 2.09. The van der Waals surface area contributed by atoms with Crippen molar-refractivity contribution >= 4 is 0 Å². The highest BCUT2D eigenvalue weighted by Crippen LogP contribution is 2.18. The van der Waals surface area contributed by atoms with Gasteiger partial charge in [-0.25, -0.2) is 0 Å². The van der Waals surface area contributed by atoms with Crippen LogP contribution in [0, 0.1) is 6.92 Å². The van der Waals surface area contributed by atoms with E-state index in [0.717, 1.165) is 17.5 Å². The topological polar surface area (TPSA) is 29.5 Å². The number of benzene rings is 1. The first-order chi connectivity index (χ1) is 9.15. The van der Waals surface area contributed by atoms with E-state index in [0.29, 0.717) is 6.61 Å². The van der Waals surface area contributed by atoms with E-state index in [9.17, 15) is 5.11 Å². The van der Waals surface area contributed by atoms with Crippen molar-refractivity contribution in [2.75, 3.05) is 6.61 Å². The summed E-state index contributed by atoms with van der Waals surface area (Å²) in [6.07, 6.45) is 5.87. The second kappa shape index (κ2) is 9.11. The van der Waals surface area contributed by atoms with Gasteiger partial charge in [0.2, 0.25) is 0 Å². The molecule has 0 heterocycles. The highest BCUT2D eigenvalue weighted by molar-refractivity contribution is 5.27. The van der Waals surface area contributed by atoms with Crippen molar-refractivity contribution < 1.29 is 9.84 Å². The van der Waals surface area contributed by atoms with E-state index >= 15 is 0 Å². The SMILES string of the molecule is CCCCCCC(C)OCC(O)c1ccccc1C. The molecular weight excluding hydrogens is 236 g/mol. The molecule has 2 atom stereocenters. The lowest BCUT2D eigenvalue weighted by atomic mass is 10.0. The largest absolute Gasteiger partial charge is 0.386 e. The Balaban J connectivity index is 2.26. The van der Waals surface area contributed by atoms with E-state index < -0.39 is 6.10 Å². The van der Waals surface area contributed by atoms with Crippen LogP contribution in [0.2, 0.25) is 0 Å². The minimum Gasteiger partial charge on any atom is -0.386 e. The number of aliphatic hydroxyl groups excluding tert-OH is 1. The van der Waals surface area contributed by atoms with E-state index in [1.165, 1.54) is 25.7 Å². The Morgan fingerprint density at radius 2 is 1.89 bits per heavy atom. The van der Waals surface area contributed by atoms with Gasteiger partial charge >= 0.3 is 0 Å². The molecule has 0 aromatic heterocycles. The molecule has 2 unspecified atom stereocenters. The van der Waals surface area contributed by atoms with E-state index in [2.05, 4.69) is 13.8 Å². The highest BCUT2D eigenvalue weighted by Gasteiger charge is 2.12. The Morgan fingerprint density at radius 1 is 1.16 bits per heavy atom. The van der Waals surface area contributed by atoms with Gasteiger partial charge < -0.3 is 9.84 Å². The summed E-state index contributed by atoms with van der Waals surface area (Å²) in [6.45, 7) is 6.72. The second-order valence-electron chi connectivity index (χ2n) is 5.37. The molecule has 0 saturated carbocycles. The van der Waals surface area contributed by atoms with Crippen LogP contribution in [0.1, 0.15) is 63.2 Å². The van der Waals surface area contributed by atoms with Crippen molar-refractivity contribution in [1.29, 1.82) is 0 Å². The molecule has 1 aromatic rings. The predicted molar refractivity (Wildman–Crippen MR) is 80.3 cm³/mol. The molecule has 0 bridgehead atoms. The maximum Gasteiger partial charge on any atom is 0.103 e. The average Bonchev–Trinajstić information content (AvgIpc) is 2.41. The number of unbranched alkanes of at least 4 members (excludes halogenated alkanes) is 3. The number of hydrogen-bond acceptors (Lipinski definition) is 2. The van der Waals surface area contributed by atoms with Gasteiger partial charge in [0, 0.05) is 0 Å². The van der Waals surface area contributed by atoms with Gasteiger partial charge in [-0.3, -0.25) is 0 Å². The van der Waals surface area contributed by atoms with Crippen LogP contribution >= 0.6 is 0 Å². The van der Waals surface area contributed by atoms with Crippen LogP contribution < -0.4 is 0 Å². The zero-order chi connectivity index (χ0) is 14.1. The Bertz CT molecular complexity index is 349. The highest BCUT2D eigenvalue weighted by atomic mass is 16.5. The lowest BCUT2D eigenvalue weighted by molar-refractivity contribution is -0.00672. The third kappa shape index (κ3) is 6.22. The average molecular weight is 264 g/mol. The summed E-state index contributed by atoms with van der Waals surface area (Å²) in [7, 11) is 0. The second-order valence-corrected chi connectivity index (χ2v) is 5.37. The van der Waals surface area contributed by atoms with Crippen LogP contribution in [0.25, 0.3) is 0 Å². The number of hydrogen-bond donors (Lipinski definition) is 1. The van der Waals surface area contributed by atoms with Gasteiger partial charge in [-0.2, -0.15) is 0 Å². The first kappa shape index (κ1) is 16.2. The lowest BCUT2D eigenvalue weighted by Crippen LogP contribution is -2.15. The summed E-state index contributed by atoms with van der Waals surface area (Å²) in [5.74, 6) is 0. The molecule has 0 aliphatic carbocycles. The zero-order valence-electron chi connectivity index (χ0n) is 12.6. The molecule has 1 aromatic carbocycles. The van der Waals surface area contributed by atoms with Crippen LogP contribution in [0.4, 0.5) is 0 Å². The minimum atomic E-state index is -0.515. The van der Waals surface area contributed by atoms with Crippen molar-refractivity contribution in [2.24, 2.45) is 0 Å². The molecule has 108 valence electrons. The van der Waals surface area contributed by atoms with Gasteiger partial charge in [0.25, 0.3) is 0 Å². The molecule has 0 spiro atoms. The minimum absolute atomic E-state index is 0.232. The molecule has 0 aliphatic heterocycles. The Morgan fingerprint density at radius 3 is 2.58 bits per heavy atom. The summed E-state index contributed by atoms with van der Waals surface area (Å²) < 4.78 is 5.74. The summed E-state index contributed by atoms with van der Waals surface area (Å²) in [4.78, 5) is 0. The zero-order valence-corrected chi connectivity index (χ0v) is 12.6. The first-order valence-electron chi connectivity index (χ1n) is 7.50. The van der Waals surface area contributed by atoms with E-state index in [1.807, 2.05) is 31.2 Å². The van der Waals surface area contributed by atoms with Crippen LogP contribution in [0.3, 0.4) is 0 Å². The van der Waals surface area contributed by atoms with Crippen molar-refractivity contribution in [3.8, 4) is 0 Å². The third-order valence-electron chi connectivity index (χ3n) is 3.55. The summed E-state index contributed by atoms with van der Waals surface area (Å²) in [6, 6.07) is 7.94. The number of rotatable bonds is 9. The van der Waals surface area contributed by atoms with Crippen molar-refractivity contribution in [3.05, 3.63) is 35.4 Å². The fourth-order valence-electron chi connectivity index (χ4n) is 2.25. The molecule has 0 aliphatic rings. The summed E-state index contributed by atoms with van der Waals surface area (Å²) >= 11 is 0. The maximum atomic E-state index is 10.1. The van der Waals surface area contributed by atoms with Gasteiger partial charge in [-0.1, -0.05) is 56.9 Å². The molecular formula is C17H28O2. The maximum absolute atomic E-state index is 10.1. The van der Waals surface area contributed by atoms with Gasteiger partial charge in [-0.05, 0) is 31.4 Å². The third-order valence-corrected chi connectivity index (χ3v) is 3.55. The van der Waals surface area contributed by atoms with Gasteiger partial charge in [-0.15, -0.1) is 0 Å². The van der Waals surface area contributed by atoms with Crippen LogP contribution in [-0.2, 0) is 4.74 Å². The quantitative estimate of drug-likeness (QED) is 0.670. The molecule has 0 saturated heterocycles. The summed E-state index contributed by atoms with van der Waals surface area (Å²) in [5, 5.41) is 10.1. The van der Waals surface area contributed by atoms with E-state index in [1.54, 1.807) is 0 Å². The fraction of sp³-hybridized carbons (Fsp3) is 0.647. The van der Waals surface area contributed by atoms with Crippen molar-refractivity contribution in [3.63, 3.8) is 0 Å².